The molecule has 5 nitrogen and oxygen atoms in total. The lowest BCUT2D eigenvalue weighted by Crippen LogP contribution is -2.42. The van der Waals surface area contributed by atoms with Crippen molar-refractivity contribution in [3.8, 4) is 0 Å². The van der Waals surface area contributed by atoms with Crippen molar-refractivity contribution in [1.82, 2.24) is 15.1 Å². The Morgan fingerprint density at radius 3 is 2.79 bits per heavy atom. The molecule has 2 aliphatic rings. The Morgan fingerprint density at radius 2 is 2.11 bits per heavy atom. The molecular weight excluding hydrogens is 436 g/mol. The summed E-state index contributed by atoms with van der Waals surface area (Å²) < 4.78 is 0.764. The van der Waals surface area contributed by atoms with Crippen molar-refractivity contribution in [1.29, 1.82) is 0 Å². The van der Waals surface area contributed by atoms with E-state index in [1.54, 1.807) is 11.3 Å². The molecule has 2 aromatic rings. The van der Waals surface area contributed by atoms with Crippen molar-refractivity contribution in [2.75, 3.05) is 24.5 Å². The van der Waals surface area contributed by atoms with E-state index in [2.05, 4.69) is 55.8 Å². The van der Waals surface area contributed by atoms with Gasteiger partial charge in [-0.2, -0.15) is 0 Å². The number of nitrogens with zero attached hydrogens (tertiary/aromatic N) is 4. The van der Waals surface area contributed by atoms with Crippen molar-refractivity contribution >= 4 is 39.0 Å². The van der Waals surface area contributed by atoms with E-state index in [9.17, 15) is 4.79 Å². The standard InChI is InChI=1S/C21H27BrN4OS/c1-3-4-11-26(20-10-9-19(22)23-24-20)17-7-6-15-12-25(13-16(15)17)21(27)18-8-5-14(2)28-18/h5,8-10,15-17H,3-4,6-7,11-13H2,1-2H3/t15-,16+,17+/m1/s1. The predicted molar refractivity (Wildman–Crippen MR) is 117 cm³/mol. The highest BCUT2D eigenvalue weighted by molar-refractivity contribution is 9.10. The van der Waals surface area contributed by atoms with Crippen LogP contribution in [0.2, 0.25) is 0 Å². The number of carbonyl (C=O) groups is 1. The Bertz CT molecular complexity index is 824. The zero-order valence-corrected chi connectivity index (χ0v) is 18.9. The molecule has 1 saturated carbocycles. The van der Waals surface area contributed by atoms with E-state index in [0.29, 0.717) is 17.9 Å². The Labute approximate surface area is 179 Å². The SMILES string of the molecule is CCCCN(c1ccc(Br)nn1)[C@H]1CC[C@@H]2CN(C(=O)c3ccc(C)s3)C[C@@H]21. The second-order valence-corrected chi connectivity index (χ2v) is 10.1. The molecule has 7 heteroatoms. The normalized spacial score (nSPS) is 23.8. The summed E-state index contributed by atoms with van der Waals surface area (Å²) in [5.41, 5.74) is 0. The van der Waals surface area contributed by atoms with E-state index in [1.807, 2.05) is 18.2 Å². The van der Waals surface area contributed by atoms with Gasteiger partial charge in [0.2, 0.25) is 0 Å². The molecule has 1 aliphatic heterocycles. The zero-order valence-electron chi connectivity index (χ0n) is 16.5. The second-order valence-electron chi connectivity index (χ2n) is 7.95. The molecule has 28 heavy (non-hydrogen) atoms. The monoisotopic (exact) mass is 462 g/mol. The van der Waals surface area contributed by atoms with Crippen LogP contribution in [0.3, 0.4) is 0 Å². The molecule has 0 spiro atoms. The maximum atomic E-state index is 12.9. The number of rotatable bonds is 6. The molecular formula is C21H27BrN4OS. The topological polar surface area (TPSA) is 49.3 Å². The number of likely N-dealkylation sites (tertiary alicyclic amines) is 1. The van der Waals surface area contributed by atoms with Crippen molar-refractivity contribution in [3.63, 3.8) is 0 Å². The number of hydrogen-bond donors (Lipinski definition) is 0. The molecule has 150 valence electrons. The summed E-state index contributed by atoms with van der Waals surface area (Å²) in [6.07, 6.45) is 4.67. The van der Waals surface area contributed by atoms with Gasteiger partial charge in [0.1, 0.15) is 4.60 Å². The highest BCUT2D eigenvalue weighted by Crippen LogP contribution is 2.42. The van der Waals surface area contributed by atoms with Crippen molar-refractivity contribution in [2.45, 2.75) is 45.6 Å². The minimum Gasteiger partial charge on any atom is -0.352 e. The fourth-order valence-electron chi connectivity index (χ4n) is 4.74. The van der Waals surface area contributed by atoms with Crippen molar-refractivity contribution in [3.05, 3.63) is 38.6 Å². The largest absolute Gasteiger partial charge is 0.352 e. The number of aryl methyl sites for hydroxylation is 1. The number of halogens is 1. The van der Waals surface area contributed by atoms with Gasteiger partial charge in [0.05, 0.1) is 4.88 Å². The number of unbranched alkanes of at least 4 members (excludes halogenated alkanes) is 1. The van der Waals surface area contributed by atoms with Crippen LogP contribution in [0.25, 0.3) is 0 Å². The molecule has 0 N–H and O–H groups in total. The van der Waals surface area contributed by atoms with Crippen LogP contribution < -0.4 is 4.90 Å². The quantitative estimate of drug-likeness (QED) is 0.620. The first kappa shape index (κ1) is 19.8. The molecule has 4 rings (SSSR count). The van der Waals surface area contributed by atoms with Crippen LogP contribution in [0.15, 0.2) is 28.9 Å². The Balaban J connectivity index is 1.51. The van der Waals surface area contributed by atoms with Crippen LogP contribution in [0, 0.1) is 18.8 Å². The lowest BCUT2D eigenvalue weighted by Gasteiger charge is -2.34. The summed E-state index contributed by atoms with van der Waals surface area (Å²) in [7, 11) is 0. The summed E-state index contributed by atoms with van der Waals surface area (Å²) in [6, 6.07) is 8.48. The number of thiophene rings is 1. The molecule has 1 amide bonds. The fourth-order valence-corrected chi connectivity index (χ4v) is 5.78. The maximum Gasteiger partial charge on any atom is 0.263 e. The van der Waals surface area contributed by atoms with Gasteiger partial charge in [0.15, 0.2) is 5.82 Å². The van der Waals surface area contributed by atoms with Crippen molar-refractivity contribution in [2.24, 2.45) is 11.8 Å². The Morgan fingerprint density at radius 1 is 1.25 bits per heavy atom. The Kier molecular flexibility index (Phi) is 6.01. The van der Waals surface area contributed by atoms with E-state index in [1.165, 1.54) is 17.7 Å². The first-order valence-electron chi connectivity index (χ1n) is 10.2. The van der Waals surface area contributed by atoms with Crippen LogP contribution in [-0.4, -0.2) is 46.7 Å². The summed E-state index contributed by atoms with van der Waals surface area (Å²) in [4.78, 5) is 19.5. The van der Waals surface area contributed by atoms with E-state index in [0.717, 1.165) is 47.8 Å². The molecule has 0 radical (unpaired) electrons. The van der Waals surface area contributed by atoms with Gasteiger partial charge in [-0.3, -0.25) is 4.79 Å². The number of aromatic nitrogens is 2. The maximum absolute atomic E-state index is 12.9. The number of fused-ring (bicyclic) bond motifs is 1. The van der Waals surface area contributed by atoms with Gasteiger partial charge in [-0.15, -0.1) is 21.5 Å². The lowest BCUT2D eigenvalue weighted by molar-refractivity contribution is 0.0784. The number of hydrogen-bond acceptors (Lipinski definition) is 5. The smallest absolute Gasteiger partial charge is 0.263 e. The zero-order chi connectivity index (χ0) is 19.7. The molecule has 0 bridgehead atoms. The van der Waals surface area contributed by atoms with Gasteiger partial charge < -0.3 is 9.80 Å². The van der Waals surface area contributed by atoms with E-state index >= 15 is 0 Å². The fraction of sp³-hybridized carbons (Fsp3) is 0.571. The third-order valence-corrected chi connectivity index (χ3v) is 7.53. The van der Waals surface area contributed by atoms with Gasteiger partial charge >= 0.3 is 0 Å². The molecule has 2 aromatic heterocycles. The molecule has 1 aliphatic carbocycles. The van der Waals surface area contributed by atoms with Gasteiger partial charge in [-0.05, 0) is 72.3 Å². The van der Waals surface area contributed by atoms with Crippen LogP contribution in [-0.2, 0) is 0 Å². The lowest BCUT2D eigenvalue weighted by atomic mass is 9.96. The van der Waals surface area contributed by atoms with Crippen LogP contribution in [0.4, 0.5) is 5.82 Å². The summed E-state index contributed by atoms with van der Waals surface area (Å²) in [5.74, 6) is 2.28. The first-order chi connectivity index (χ1) is 13.6. The summed E-state index contributed by atoms with van der Waals surface area (Å²) in [5, 5.41) is 8.66. The minimum atomic E-state index is 0.204. The van der Waals surface area contributed by atoms with Crippen LogP contribution in [0.5, 0.6) is 0 Å². The molecule has 0 unspecified atom stereocenters. The van der Waals surface area contributed by atoms with Gasteiger partial charge in [0, 0.05) is 36.5 Å². The molecule has 2 fully saturated rings. The average molecular weight is 463 g/mol. The average Bonchev–Trinajstić information content (AvgIpc) is 3.39. The van der Waals surface area contributed by atoms with Gasteiger partial charge in [0.25, 0.3) is 5.91 Å². The van der Waals surface area contributed by atoms with Crippen LogP contribution >= 0.6 is 27.3 Å². The number of anilines is 1. The first-order valence-corrected chi connectivity index (χ1v) is 11.8. The highest BCUT2D eigenvalue weighted by atomic mass is 79.9. The Hall–Kier alpha value is -1.47. The number of carbonyl (C=O) groups excluding carboxylic acids is 1. The summed E-state index contributed by atoms with van der Waals surface area (Å²) >= 11 is 4.99. The van der Waals surface area contributed by atoms with E-state index < -0.39 is 0 Å². The predicted octanol–water partition coefficient (Wildman–Crippen LogP) is 4.77. The summed E-state index contributed by atoms with van der Waals surface area (Å²) in [6.45, 7) is 7.03. The third-order valence-electron chi connectivity index (χ3n) is 6.12. The molecule has 1 saturated heterocycles. The second kappa shape index (κ2) is 8.49. The van der Waals surface area contributed by atoms with E-state index in [-0.39, 0.29) is 5.91 Å². The highest BCUT2D eigenvalue weighted by Gasteiger charge is 2.46. The minimum absolute atomic E-state index is 0.204. The molecule has 3 heterocycles. The molecule has 3 atom stereocenters. The number of amides is 1. The third kappa shape index (κ3) is 3.96. The van der Waals surface area contributed by atoms with Crippen LogP contribution in [0.1, 0.15) is 47.2 Å². The van der Waals surface area contributed by atoms with Gasteiger partial charge in [-0.25, -0.2) is 0 Å². The van der Waals surface area contributed by atoms with E-state index in [4.69, 9.17) is 0 Å². The van der Waals surface area contributed by atoms with Crippen molar-refractivity contribution < 1.29 is 4.79 Å². The van der Waals surface area contributed by atoms with Gasteiger partial charge in [-0.1, -0.05) is 13.3 Å². The molecule has 0 aromatic carbocycles.